The highest BCUT2D eigenvalue weighted by atomic mass is 31.2. The molecule has 146 valence electrons. The molecule has 0 aliphatic heterocycles. The number of phosphoric acid groups is 2. The Morgan fingerprint density at radius 3 is 1.75 bits per heavy atom. The van der Waals surface area contributed by atoms with Crippen molar-refractivity contribution < 1.29 is 64.1 Å². The number of halogens is 6. The van der Waals surface area contributed by atoms with Gasteiger partial charge in [-0.2, -0.15) is 13.2 Å². The summed E-state index contributed by atoms with van der Waals surface area (Å²) in [6.07, 6.45) is -16.4. The highest BCUT2D eigenvalue weighted by molar-refractivity contribution is 7.46. The minimum Gasteiger partial charge on any atom is -0.303 e. The molecule has 0 aliphatic rings. The van der Waals surface area contributed by atoms with Gasteiger partial charge < -0.3 is 19.6 Å². The van der Waals surface area contributed by atoms with Crippen molar-refractivity contribution in [2.45, 2.75) is 43.6 Å². The smallest absolute Gasteiger partial charge is 0.303 e. The molecule has 2 atom stereocenters. The first-order valence-electron chi connectivity index (χ1n) is 5.98. The van der Waals surface area contributed by atoms with Crippen molar-refractivity contribution in [1.29, 1.82) is 0 Å². The number of hydrogen-bond acceptors (Lipinski definition) is 4. The minimum atomic E-state index is -6.19. The summed E-state index contributed by atoms with van der Waals surface area (Å²) in [4.78, 5) is 33.7. The fraction of sp³-hybridized carbons (Fsp3) is 1.00. The van der Waals surface area contributed by atoms with Gasteiger partial charge in [0, 0.05) is 0 Å². The molecule has 0 spiro atoms. The minimum absolute atomic E-state index is 0.427. The van der Waals surface area contributed by atoms with E-state index in [0.717, 1.165) is 0 Å². The van der Waals surface area contributed by atoms with Gasteiger partial charge >= 0.3 is 21.8 Å². The first-order chi connectivity index (χ1) is 10.5. The van der Waals surface area contributed by atoms with Crippen LogP contribution >= 0.6 is 15.6 Å². The Morgan fingerprint density at radius 2 is 1.42 bits per heavy atom. The summed E-state index contributed by atoms with van der Waals surface area (Å²) in [5.41, 5.74) is -5.35. The van der Waals surface area contributed by atoms with Crippen molar-refractivity contribution in [3.8, 4) is 0 Å². The van der Waals surface area contributed by atoms with E-state index in [1.807, 2.05) is 0 Å². The summed E-state index contributed by atoms with van der Waals surface area (Å²) in [5.74, 6) is 0. The molecule has 0 aliphatic carbocycles. The van der Waals surface area contributed by atoms with Gasteiger partial charge in [-0.15, -0.1) is 0 Å². The molecule has 2 unspecified atom stereocenters. The van der Waals surface area contributed by atoms with Crippen molar-refractivity contribution in [2.24, 2.45) is 0 Å². The van der Waals surface area contributed by atoms with Crippen LogP contribution in [0, 0.1) is 0 Å². The summed E-state index contributed by atoms with van der Waals surface area (Å²) in [5, 5.41) is 0. The van der Waals surface area contributed by atoms with E-state index < -0.39 is 65.9 Å². The van der Waals surface area contributed by atoms with Crippen LogP contribution in [-0.2, 0) is 18.2 Å². The van der Waals surface area contributed by atoms with Crippen LogP contribution in [0.2, 0.25) is 0 Å². The molecular formula is C8H14F6O8P2. The third-order valence-electron chi connectivity index (χ3n) is 2.61. The van der Waals surface area contributed by atoms with Gasteiger partial charge in [-0.3, -0.25) is 9.05 Å². The van der Waals surface area contributed by atoms with Gasteiger partial charge in [0.1, 0.15) is 6.10 Å². The molecule has 16 heteroatoms. The third-order valence-corrected chi connectivity index (χ3v) is 3.65. The first kappa shape index (κ1) is 23.8. The largest absolute Gasteiger partial charge is 0.469 e. The maximum Gasteiger partial charge on any atom is 0.469 e. The lowest BCUT2D eigenvalue weighted by molar-refractivity contribution is -0.294. The van der Waals surface area contributed by atoms with Crippen LogP contribution < -0.4 is 0 Å². The second kappa shape index (κ2) is 8.45. The van der Waals surface area contributed by atoms with E-state index in [1.54, 1.807) is 0 Å². The van der Waals surface area contributed by atoms with Gasteiger partial charge in [0.2, 0.25) is 0 Å². The zero-order valence-corrected chi connectivity index (χ0v) is 13.4. The zero-order valence-electron chi connectivity index (χ0n) is 11.6. The molecule has 0 fully saturated rings. The van der Waals surface area contributed by atoms with Gasteiger partial charge in [-0.1, -0.05) is 0 Å². The second-order valence-electron chi connectivity index (χ2n) is 4.47. The Bertz CT molecular complexity index is 489. The Morgan fingerprint density at radius 1 is 0.917 bits per heavy atom. The molecule has 8 nitrogen and oxygen atoms in total. The molecule has 0 saturated heterocycles. The van der Waals surface area contributed by atoms with E-state index in [4.69, 9.17) is 19.6 Å². The third kappa shape index (κ3) is 7.79. The lowest BCUT2D eigenvalue weighted by Gasteiger charge is -2.34. The molecule has 0 amide bonds. The van der Waals surface area contributed by atoms with E-state index in [-0.39, 0.29) is 0 Å². The van der Waals surface area contributed by atoms with E-state index >= 15 is 0 Å². The highest BCUT2D eigenvalue weighted by Gasteiger charge is 2.68. The van der Waals surface area contributed by atoms with Crippen LogP contribution in [0.25, 0.3) is 0 Å². The average Bonchev–Trinajstić information content (AvgIpc) is 2.31. The number of hydrogen-bond donors (Lipinski definition) is 4. The average molecular weight is 414 g/mol. The molecule has 0 aromatic rings. The predicted octanol–water partition coefficient (Wildman–Crippen LogP) is 2.28. The van der Waals surface area contributed by atoms with Gasteiger partial charge in [0.05, 0.1) is 6.61 Å². The molecular weight excluding hydrogens is 400 g/mol. The molecule has 0 heterocycles. The first-order valence-corrected chi connectivity index (χ1v) is 9.04. The number of phosphoric ester groups is 2. The topological polar surface area (TPSA) is 134 Å². The zero-order chi connectivity index (χ0) is 19.4. The molecule has 0 aromatic carbocycles. The van der Waals surface area contributed by atoms with Crippen LogP contribution in [0.4, 0.5) is 26.3 Å². The quantitative estimate of drug-likeness (QED) is 0.243. The Kier molecular flexibility index (Phi) is 8.38. The highest BCUT2D eigenvalue weighted by Crippen LogP contribution is 2.49. The van der Waals surface area contributed by atoms with Gasteiger partial charge in [-0.05, 0) is 19.3 Å². The number of alkyl halides is 6. The van der Waals surface area contributed by atoms with Crippen LogP contribution in [-0.4, -0.2) is 50.6 Å². The summed E-state index contributed by atoms with van der Waals surface area (Å²) < 4.78 is 105. The summed E-state index contributed by atoms with van der Waals surface area (Å²) >= 11 is 0. The van der Waals surface area contributed by atoms with Crippen LogP contribution in [0.3, 0.4) is 0 Å². The molecule has 0 bridgehead atoms. The predicted molar refractivity (Wildman–Crippen MR) is 64.7 cm³/mol. The molecule has 0 radical (unpaired) electrons. The van der Waals surface area contributed by atoms with Crippen molar-refractivity contribution in [3.63, 3.8) is 0 Å². The van der Waals surface area contributed by atoms with Crippen LogP contribution in [0.1, 0.15) is 19.3 Å². The molecule has 4 N–H and O–H groups in total. The van der Waals surface area contributed by atoms with E-state index in [9.17, 15) is 35.5 Å². The Balaban J connectivity index is 5.11. The standard InChI is InChI=1S/C8H14F6O8P2/c9-6(10)7(11,8(12,13)14)5(22-24(18,19)20)3-1-2-4-21-23(15,16)17/h5-6H,1-4H2,(H2,15,16,17)(H2,18,19,20). The molecule has 0 rings (SSSR count). The lowest BCUT2D eigenvalue weighted by Crippen LogP contribution is -2.56. The van der Waals surface area contributed by atoms with Gasteiger partial charge in [0.25, 0.3) is 12.1 Å². The van der Waals surface area contributed by atoms with E-state index in [0.29, 0.717) is 0 Å². The Labute approximate surface area is 131 Å². The van der Waals surface area contributed by atoms with Gasteiger partial charge in [0.15, 0.2) is 0 Å². The second-order valence-corrected chi connectivity index (χ2v) is 6.90. The monoisotopic (exact) mass is 414 g/mol. The summed E-state index contributed by atoms with van der Waals surface area (Å²) in [6.45, 7) is -0.715. The van der Waals surface area contributed by atoms with Crippen LogP contribution in [0.5, 0.6) is 0 Å². The fourth-order valence-corrected chi connectivity index (χ4v) is 2.52. The number of rotatable bonds is 10. The van der Waals surface area contributed by atoms with E-state index in [1.165, 1.54) is 0 Å². The lowest BCUT2D eigenvalue weighted by atomic mass is 9.94. The SMILES string of the molecule is O=P(O)(O)OCCCCC(OP(=O)(O)O)C(F)(C(F)F)C(F)(F)F. The van der Waals surface area contributed by atoms with Crippen molar-refractivity contribution in [2.75, 3.05) is 6.61 Å². The normalized spacial score (nSPS) is 17.8. The van der Waals surface area contributed by atoms with Crippen molar-refractivity contribution in [3.05, 3.63) is 0 Å². The van der Waals surface area contributed by atoms with Crippen molar-refractivity contribution in [1.82, 2.24) is 0 Å². The maximum atomic E-state index is 13.8. The number of unbranched alkanes of at least 4 members (excludes halogenated alkanes) is 1. The molecule has 0 saturated carbocycles. The molecule has 0 aromatic heterocycles. The fourth-order valence-electron chi connectivity index (χ4n) is 1.57. The van der Waals surface area contributed by atoms with Crippen LogP contribution in [0.15, 0.2) is 0 Å². The molecule has 24 heavy (non-hydrogen) atoms. The summed E-state index contributed by atoms with van der Waals surface area (Å²) in [7, 11) is -10.6. The van der Waals surface area contributed by atoms with E-state index in [2.05, 4.69) is 9.05 Å². The van der Waals surface area contributed by atoms with Crippen molar-refractivity contribution >= 4 is 15.6 Å². The summed E-state index contributed by atoms with van der Waals surface area (Å²) in [6, 6.07) is 0. The Hall–Kier alpha value is -0.200. The maximum absolute atomic E-state index is 13.8. The van der Waals surface area contributed by atoms with Gasteiger partial charge in [-0.25, -0.2) is 22.3 Å².